The van der Waals surface area contributed by atoms with Crippen LogP contribution in [-0.2, 0) is 0 Å². The Morgan fingerprint density at radius 1 is 1.10 bits per heavy atom. The van der Waals surface area contributed by atoms with Crippen molar-refractivity contribution < 1.29 is 14.6 Å². The Labute approximate surface area is 111 Å². The van der Waals surface area contributed by atoms with Crippen molar-refractivity contribution in [2.24, 2.45) is 0 Å². The number of rotatable bonds is 4. The average Bonchev–Trinajstić information content (AvgIpc) is 2.38. The highest BCUT2D eigenvalue weighted by atomic mass is 16.6. The molecule has 0 unspecified atom stereocenters. The predicted molar refractivity (Wildman–Crippen MR) is 66.3 cm³/mol. The molecule has 0 saturated carbocycles. The van der Waals surface area contributed by atoms with Gasteiger partial charge in [-0.25, -0.2) is 4.98 Å². The van der Waals surface area contributed by atoms with E-state index in [2.05, 4.69) is 9.97 Å². The van der Waals surface area contributed by atoms with Crippen molar-refractivity contribution in [2.75, 3.05) is 5.73 Å². The lowest BCUT2D eigenvalue weighted by molar-refractivity contribution is -0.387. The summed E-state index contributed by atoms with van der Waals surface area (Å²) >= 11 is 0. The number of nitrogen functional groups attached to an aromatic ring is 1. The molecule has 1 heterocycles. The normalized spacial score (nSPS) is 10.0. The number of nitro groups is 2. The number of nitrogens with zero attached hydrogens (tertiary/aromatic N) is 4. The van der Waals surface area contributed by atoms with Gasteiger partial charge < -0.3 is 10.5 Å². The molecule has 2 aromatic rings. The van der Waals surface area contributed by atoms with Crippen LogP contribution >= 0.6 is 0 Å². The van der Waals surface area contributed by atoms with Crippen LogP contribution in [0.3, 0.4) is 0 Å². The maximum atomic E-state index is 10.8. The van der Waals surface area contributed by atoms with Crippen LogP contribution in [0.5, 0.6) is 11.6 Å². The highest BCUT2D eigenvalue weighted by Gasteiger charge is 2.22. The number of hydrogen-bond acceptors (Lipinski definition) is 8. The van der Waals surface area contributed by atoms with Crippen molar-refractivity contribution in [3.05, 3.63) is 50.7 Å². The molecular weight excluding hydrogens is 270 g/mol. The van der Waals surface area contributed by atoms with E-state index in [0.29, 0.717) is 0 Å². The first-order valence-electron chi connectivity index (χ1n) is 5.17. The van der Waals surface area contributed by atoms with Gasteiger partial charge in [-0.05, 0) is 6.07 Å². The third kappa shape index (κ3) is 2.58. The summed E-state index contributed by atoms with van der Waals surface area (Å²) in [4.78, 5) is 27.2. The standard InChI is InChI=1S/C10H7N5O5/c11-10-12-5-7(15(18)19)9(13-10)20-8-4-2-1-3-6(8)14(16)17/h1-5H,(H2,11,12,13). The predicted octanol–water partition coefficient (Wildman–Crippen LogP) is 1.67. The molecule has 0 bridgehead atoms. The third-order valence-corrected chi connectivity index (χ3v) is 2.22. The van der Waals surface area contributed by atoms with E-state index in [1.54, 1.807) is 0 Å². The molecule has 10 heteroatoms. The lowest BCUT2D eigenvalue weighted by Gasteiger charge is -2.05. The molecule has 1 aromatic carbocycles. The van der Waals surface area contributed by atoms with Gasteiger partial charge in [0.1, 0.15) is 6.20 Å². The number of nitro benzene ring substituents is 1. The minimum absolute atomic E-state index is 0.182. The van der Waals surface area contributed by atoms with Crippen molar-refractivity contribution >= 4 is 17.3 Å². The first-order chi connectivity index (χ1) is 9.49. The SMILES string of the molecule is Nc1ncc([N+](=O)[O-])c(Oc2ccccc2[N+](=O)[O-])n1. The molecule has 0 saturated heterocycles. The maximum Gasteiger partial charge on any atom is 0.349 e. The molecule has 10 nitrogen and oxygen atoms in total. The van der Waals surface area contributed by atoms with E-state index >= 15 is 0 Å². The molecule has 1 aromatic heterocycles. The molecular formula is C10H7N5O5. The van der Waals surface area contributed by atoms with E-state index in [1.165, 1.54) is 24.3 Å². The van der Waals surface area contributed by atoms with Crippen LogP contribution in [0.2, 0.25) is 0 Å². The molecule has 0 atom stereocenters. The van der Waals surface area contributed by atoms with Gasteiger partial charge in [0.2, 0.25) is 11.7 Å². The van der Waals surface area contributed by atoms with E-state index in [0.717, 1.165) is 6.20 Å². The average molecular weight is 277 g/mol. The number of ether oxygens (including phenoxy) is 1. The van der Waals surface area contributed by atoms with Crippen LogP contribution in [0, 0.1) is 20.2 Å². The van der Waals surface area contributed by atoms with Gasteiger partial charge in [0.25, 0.3) is 0 Å². The summed E-state index contributed by atoms with van der Waals surface area (Å²) < 4.78 is 5.13. The molecule has 0 fully saturated rings. The number of aromatic nitrogens is 2. The lowest BCUT2D eigenvalue weighted by atomic mass is 10.3. The number of anilines is 1. The zero-order valence-corrected chi connectivity index (χ0v) is 9.79. The van der Waals surface area contributed by atoms with Crippen LogP contribution in [0.1, 0.15) is 0 Å². The van der Waals surface area contributed by atoms with Crippen LogP contribution in [0.15, 0.2) is 30.5 Å². The van der Waals surface area contributed by atoms with Gasteiger partial charge in [-0.3, -0.25) is 20.2 Å². The van der Waals surface area contributed by atoms with Crippen LogP contribution in [0.25, 0.3) is 0 Å². The highest BCUT2D eigenvalue weighted by molar-refractivity contribution is 5.51. The highest BCUT2D eigenvalue weighted by Crippen LogP contribution is 2.34. The quantitative estimate of drug-likeness (QED) is 0.655. The zero-order valence-electron chi connectivity index (χ0n) is 9.79. The molecule has 0 aliphatic rings. The van der Waals surface area contributed by atoms with E-state index in [9.17, 15) is 20.2 Å². The lowest BCUT2D eigenvalue weighted by Crippen LogP contribution is -2.02. The Morgan fingerprint density at radius 2 is 1.75 bits per heavy atom. The number of hydrogen-bond donors (Lipinski definition) is 1. The molecule has 0 aliphatic heterocycles. The van der Waals surface area contributed by atoms with Crippen molar-refractivity contribution in [3.8, 4) is 11.6 Å². The topological polar surface area (TPSA) is 147 Å². The Hall–Kier alpha value is -3.30. The Kier molecular flexibility index (Phi) is 3.37. The van der Waals surface area contributed by atoms with Gasteiger partial charge >= 0.3 is 17.3 Å². The van der Waals surface area contributed by atoms with E-state index < -0.39 is 21.4 Å². The monoisotopic (exact) mass is 277 g/mol. The fourth-order valence-corrected chi connectivity index (χ4v) is 1.37. The first kappa shape index (κ1) is 13.1. The Morgan fingerprint density at radius 3 is 2.40 bits per heavy atom. The molecule has 0 amide bonds. The van der Waals surface area contributed by atoms with Gasteiger partial charge in [-0.2, -0.15) is 4.98 Å². The van der Waals surface area contributed by atoms with Crippen molar-refractivity contribution in [2.45, 2.75) is 0 Å². The van der Waals surface area contributed by atoms with Crippen LogP contribution in [-0.4, -0.2) is 19.8 Å². The molecule has 0 radical (unpaired) electrons. The summed E-state index contributed by atoms with van der Waals surface area (Å²) in [5.74, 6) is -0.889. The smallest absolute Gasteiger partial charge is 0.349 e. The zero-order chi connectivity index (χ0) is 14.7. The summed E-state index contributed by atoms with van der Waals surface area (Å²) in [7, 11) is 0. The van der Waals surface area contributed by atoms with Gasteiger partial charge in [0.15, 0.2) is 0 Å². The second kappa shape index (κ2) is 5.14. The summed E-state index contributed by atoms with van der Waals surface area (Å²) in [5, 5.41) is 21.6. The fourth-order valence-electron chi connectivity index (χ4n) is 1.37. The van der Waals surface area contributed by atoms with Gasteiger partial charge in [0.05, 0.1) is 9.85 Å². The summed E-state index contributed by atoms with van der Waals surface area (Å²) in [5.41, 5.74) is 4.43. The number of para-hydroxylation sites is 2. The minimum Gasteiger partial charge on any atom is -0.426 e. The van der Waals surface area contributed by atoms with Gasteiger partial charge in [-0.1, -0.05) is 12.1 Å². The largest absolute Gasteiger partial charge is 0.426 e. The summed E-state index contributed by atoms with van der Waals surface area (Å²) in [6.45, 7) is 0. The molecule has 20 heavy (non-hydrogen) atoms. The van der Waals surface area contributed by atoms with Crippen molar-refractivity contribution in [3.63, 3.8) is 0 Å². The molecule has 102 valence electrons. The van der Waals surface area contributed by atoms with Crippen LogP contribution in [0.4, 0.5) is 17.3 Å². The van der Waals surface area contributed by atoms with Gasteiger partial charge in [-0.15, -0.1) is 0 Å². The molecule has 0 aliphatic carbocycles. The number of benzene rings is 1. The van der Waals surface area contributed by atoms with Gasteiger partial charge in [0, 0.05) is 6.07 Å². The van der Waals surface area contributed by atoms with E-state index in [4.69, 9.17) is 10.5 Å². The Bertz CT molecular complexity index is 689. The van der Waals surface area contributed by atoms with Crippen molar-refractivity contribution in [1.29, 1.82) is 0 Å². The second-order valence-electron chi connectivity index (χ2n) is 3.50. The minimum atomic E-state index is -0.774. The molecule has 2 rings (SSSR count). The second-order valence-corrected chi connectivity index (χ2v) is 3.50. The molecule has 2 N–H and O–H groups in total. The van der Waals surface area contributed by atoms with Crippen LogP contribution < -0.4 is 10.5 Å². The first-order valence-corrected chi connectivity index (χ1v) is 5.17. The fraction of sp³-hybridized carbons (Fsp3) is 0. The van der Waals surface area contributed by atoms with Crippen molar-refractivity contribution in [1.82, 2.24) is 9.97 Å². The third-order valence-electron chi connectivity index (χ3n) is 2.22. The van der Waals surface area contributed by atoms with E-state index in [-0.39, 0.29) is 17.4 Å². The Balaban J connectivity index is 2.47. The molecule has 0 spiro atoms. The summed E-state index contributed by atoms with van der Waals surface area (Å²) in [6.07, 6.45) is 0.867. The van der Waals surface area contributed by atoms with E-state index in [1.807, 2.05) is 0 Å². The maximum absolute atomic E-state index is 10.8. The number of nitrogens with two attached hydrogens (primary N) is 1. The summed E-state index contributed by atoms with van der Waals surface area (Å²) in [6, 6.07) is 5.42.